The van der Waals surface area contributed by atoms with Crippen LogP contribution >= 0.6 is 0 Å². The largest absolute Gasteiger partial charge is 0.467 e. The van der Waals surface area contributed by atoms with Crippen molar-refractivity contribution in [3.63, 3.8) is 0 Å². The van der Waals surface area contributed by atoms with Crippen LogP contribution in [0.3, 0.4) is 0 Å². The van der Waals surface area contributed by atoms with Crippen LogP contribution in [0.15, 0.2) is 18.2 Å². The zero-order chi connectivity index (χ0) is 27.7. The number of fused-ring (bicyclic) bond motifs is 1. The van der Waals surface area contributed by atoms with E-state index >= 15 is 0 Å². The second-order valence-electron chi connectivity index (χ2n) is 11.7. The van der Waals surface area contributed by atoms with E-state index in [1.807, 2.05) is 41.5 Å². The lowest BCUT2D eigenvalue weighted by Gasteiger charge is -2.43. The van der Waals surface area contributed by atoms with Crippen molar-refractivity contribution < 1.29 is 28.3 Å². The highest BCUT2D eigenvalue weighted by Gasteiger charge is 2.44. The number of urea groups is 2. The molecule has 2 N–H and O–H groups in total. The van der Waals surface area contributed by atoms with Crippen molar-refractivity contribution in [3.05, 3.63) is 35.1 Å². The number of amides is 5. The van der Waals surface area contributed by atoms with Crippen molar-refractivity contribution in [2.75, 3.05) is 26.7 Å². The lowest BCUT2D eigenvalue weighted by Crippen LogP contribution is -2.65. The van der Waals surface area contributed by atoms with Gasteiger partial charge in [0.25, 0.3) is 0 Å². The van der Waals surface area contributed by atoms with Crippen LogP contribution in [0.25, 0.3) is 0 Å². The summed E-state index contributed by atoms with van der Waals surface area (Å²) < 4.78 is 19.2. The van der Waals surface area contributed by atoms with Crippen molar-refractivity contribution in [1.29, 1.82) is 0 Å². The Labute approximate surface area is 217 Å². The topological polar surface area (TPSA) is 111 Å². The number of hydrogen-bond acceptors (Lipinski definition) is 5. The van der Waals surface area contributed by atoms with Crippen LogP contribution in [0.1, 0.15) is 52.7 Å². The number of methoxy groups -OCH3 is 1. The fourth-order valence-electron chi connectivity index (χ4n) is 4.59. The van der Waals surface area contributed by atoms with Crippen LogP contribution in [0.5, 0.6) is 0 Å². The minimum absolute atomic E-state index is 0.0818. The van der Waals surface area contributed by atoms with E-state index in [2.05, 4.69) is 10.6 Å². The summed E-state index contributed by atoms with van der Waals surface area (Å²) in [5.41, 5.74) is 0.0810. The maximum atomic E-state index is 14.2. The number of ether oxygens (including phenoxy) is 1. The summed E-state index contributed by atoms with van der Waals surface area (Å²) in [6.45, 7) is 11.6. The number of benzene rings is 1. The van der Waals surface area contributed by atoms with Crippen molar-refractivity contribution >= 4 is 23.9 Å². The van der Waals surface area contributed by atoms with Crippen LogP contribution in [-0.2, 0) is 27.4 Å². The number of esters is 1. The minimum Gasteiger partial charge on any atom is -0.467 e. The highest BCUT2D eigenvalue weighted by Crippen LogP contribution is 2.28. The maximum absolute atomic E-state index is 14.2. The molecule has 204 valence electrons. The molecule has 0 bridgehead atoms. The van der Waals surface area contributed by atoms with E-state index < -0.39 is 41.1 Å². The van der Waals surface area contributed by atoms with E-state index in [1.165, 1.54) is 27.9 Å². The fraction of sp³-hybridized carbons (Fsp3) is 0.615. The Kier molecular flexibility index (Phi) is 8.04. The molecule has 1 saturated heterocycles. The zero-order valence-electron chi connectivity index (χ0n) is 22.7. The zero-order valence-corrected chi connectivity index (χ0v) is 22.7. The molecule has 5 amide bonds. The van der Waals surface area contributed by atoms with Gasteiger partial charge in [-0.1, -0.05) is 32.9 Å². The van der Waals surface area contributed by atoms with Gasteiger partial charge in [-0.25, -0.2) is 18.8 Å². The molecule has 0 unspecified atom stereocenters. The summed E-state index contributed by atoms with van der Waals surface area (Å²) in [6, 6.07) is 1.93. The molecule has 2 atom stereocenters. The summed E-state index contributed by atoms with van der Waals surface area (Å²) in [6.07, 6.45) is 0. The first kappa shape index (κ1) is 28.2. The number of hydrogen-bond donors (Lipinski definition) is 2. The van der Waals surface area contributed by atoms with Crippen molar-refractivity contribution in [2.24, 2.45) is 5.41 Å². The lowest BCUT2D eigenvalue weighted by atomic mass is 9.85. The number of carbonyl (C=O) groups excluding carboxylic acids is 4. The summed E-state index contributed by atoms with van der Waals surface area (Å²) in [5.74, 6) is -1.38. The molecular formula is C26H38FN5O5. The van der Waals surface area contributed by atoms with Crippen molar-refractivity contribution in [1.82, 2.24) is 25.3 Å². The van der Waals surface area contributed by atoms with Gasteiger partial charge in [-0.15, -0.1) is 0 Å². The Morgan fingerprint density at radius 2 is 1.70 bits per heavy atom. The summed E-state index contributed by atoms with van der Waals surface area (Å²) >= 11 is 0. The molecule has 0 radical (unpaired) electrons. The number of nitrogens with zero attached hydrogens (tertiary/aromatic N) is 3. The van der Waals surface area contributed by atoms with Gasteiger partial charge in [0, 0.05) is 30.7 Å². The van der Waals surface area contributed by atoms with Gasteiger partial charge in [0.1, 0.15) is 17.9 Å². The average Bonchev–Trinajstić information content (AvgIpc) is 3.25. The van der Waals surface area contributed by atoms with Crippen LogP contribution in [0, 0.1) is 11.2 Å². The van der Waals surface area contributed by atoms with E-state index in [1.54, 1.807) is 12.1 Å². The third-order valence-corrected chi connectivity index (χ3v) is 6.48. The predicted octanol–water partition coefficient (Wildman–Crippen LogP) is 2.46. The second kappa shape index (κ2) is 10.5. The van der Waals surface area contributed by atoms with E-state index in [9.17, 15) is 23.6 Å². The monoisotopic (exact) mass is 519 g/mol. The van der Waals surface area contributed by atoms with Crippen molar-refractivity contribution in [3.8, 4) is 0 Å². The second-order valence-corrected chi connectivity index (χ2v) is 11.7. The fourth-order valence-corrected chi connectivity index (χ4v) is 4.59. The normalized spacial score (nSPS) is 18.7. The molecule has 0 aliphatic carbocycles. The standard InChI is InChI=1S/C26H38FN5O5/c1-25(2,3)20(28-23(35)29-26(4,5)6)21(33)30-11-12-32(19(15-30)22(34)37-7)24(36)31-13-16-9-8-10-18(27)17(16)14-31/h8-10,19-20H,11-15H2,1-7H3,(H2,28,29,35)/t19-,20-/m1/s1. The van der Waals surface area contributed by atoms with Gasteiger partial charge in [-0.2, -0.15) is 0 Å². The first-order valence-electron chi connectivity index (χ1n) is 12.4. The highest BCUT2D eigenvalue weighted by molar-refractivity contribution is 5.90. The first-order valence-corrected chi connectivity index (χ1v) is 12.4. The molecule has 37 heavy (non-hydrogen) atoms. The quantitative estimate of drug-likeness (QED) is 0.596. The molecule has 1 aromatic carbocycles. The van der Waals surface area contributed by atoms with Gasteiger partial charge in [-0.3, -0.25) is 4.79 Å². The third kappa shape index (κ3) is 6.50. The van der Waals surface area contributed by atoms with Crippen LogP contribution in [0.4, 0.5) is 14.0 Å². The van der Waals surface area contributed by atoms with Gasteiger partial charge in [-0.05, 0) is 37.8 Å². The van der Waals surface area contributed by atoms with Crippen LogP contribution in [-0.4, -0.2) is 83.0 Å². The minimum atomic E-state index is -1.03. The Balaban J connectivity index is 1.76. The Hall–Kier alpha value is -3.37. The number of piperazine rings is 1. The molecule has 1 aromatic rings. The summed E-state index contributed by atoms with van der Waals surface area (Å²) in [4.78, 5) is 56.7. The molecule has 2 heterocycles. The number of carbonyl (C=O) groups is 4. The molecule has 0 spiro atoms. The molecule has 3 rings (SSSR count). The Bertz CT molecular complexity index is 1060. The summed E-state index contributed by atoms with van der Waals surface area (Å²) in [7, 11) is 1.23. The van der Waals surface area contributed by atoms with Crippen LogP contribution < -0.4 is 10.6 Å². The van der Waals surface area contributed by atoms with E-state index in [0.29, 0.717) is 5.56 Å². The first-order chi connectivity index (χ1) is 17.1. The molecule has 10 nitrogen and oxygen atoms in total. The van der Waals surface area contributed by atoms with Gasteiger partial charge in [0.2, 0.25) is 5.91 Å². The van der Waals surface area contributed by atoms with Crippen LogP contribution in [0.2, 0.25) is 0 Å². The number of rotatable bonds is 3. The lowest BCUT2D eigenvalue weighted by molar-refractivity contribution is -0.151. The Morgan fingerprint density at radius 1 is 1.03 bits per heavy atom. The molecule has 0 saturated carbocycles. The van der Waals surface area contributed by atoms with E-state index in [0.717, 1.165) is 5.56 Å². The molecule has 0 aromatic heterocycles. The molecule has 2 aliphatic rings. The molecule has 11 heteroatoms. The van der Waals surface area contributed by atoms with E-state index in [-0.39, 0.29) is 44.4 Å². The smallest absolute Gasteiger partial charge is 0.330 e. The summed E-state index contributed by atoms with van der Waals surface area (Å²) in [5, 5.41) is 5.58. The van der Waals surface area contributed by atoms with Gasteiger partial charge in [0.15, 0.2) is 0 Å². The van der Waals surface area contributed by atoms with Crippen molar-refractivity contribution in [2.45, 2.75) is 72.3 Å². The molecule has 1 fully saturated rings. The SMILES string of the molecule is COC(=O)[C@H]1CN(C(=O)[C@@H](NC(=O)NC(C)(C)C)C(C)(C)C)CCN1C(=O)N1Cc2cccc(F)c2C1. The predicted molar refractivity (Wildman–Crippen MR) is 135 cm³/mol. The number of halogens is 1. The third-order valence-electron chi connectivity index (χ3n) is 6.48. The van der Waals surface area contributed by atoms with Gasteiger partial charge >= 0.3 is 18.0 Å². The van der Waals surface area contributed by atoms with Gasteiger partial charge in [0.05, 0.1) is 20.2 Å². The number of nitrogens with one attached hydrogen (secondary N) is 2. The van der Waals surface area contributed by atoms with E-state index in [4.69, 9.17) is 4.74 Å². The highest BCUT2D eigenvalue weighted by atomic mass is 19.1. The molecule has 2 aliphatic heterocycles. The van der Waals surface area contributed by atoms with Gasteiger partial charge < -0.3 is 30.1 Å². The Morgan fingerprint density at radius 3 is 2.27 bits per heavy atom. The molecular weight excluding hydrogens is 481 g/mol. The average molecular weight is 520 g/mol. The maximum Gasteiger partial charge on any atom is 0.330 e.